The minimum absolute atomic E-state index is 0.0586. The van der Waals surface area contributed by atoms with E-state index in [1.807, 2.05) is 6.92 Å². The van der Waals surface area contributed by atoms with Gasteiger partial charge in [-0.1, -0.05) is 5.21 Å². The van der Waals surface area contributed by atoms with Crippen LogP contribution in [0.5, 0.6) is 0 Å². The largest absolute Gasteiger partial charge is 0.476 e. The molecule has 2 aromatic heterocycles. The van der Waals surface area contributed by atoms with Crippen LogP contribution in [0.25, 0.3) is 0 Å². The number of hydrogen-bond acceptors (Lipinski definition) is 7. The van der Waals surface area contributed by atoms with Crippen LogP contribution in [-0.2, 0) is 6.54 Å². The molecule has 0 fully saturated rings. The van der Waals surface area contributed by atoms with Crippen molar-refractivity contribution in [2.75, 3.05) is 11.9 Å². The summed E-state index contributed by atoms with van der Waals surface area (Å²) >= 11 is 1.28. The van der Waals surface area contributed by atoms with Gasteiger partial charge < -0.3 is 10.4 Å². The van der Waals surface area contributed by atoms with E-state index >= 15 is 0 Å². The zero-order valence-electron chi connectivity index (χ0n) is 8.99. The Bertz CT molecular complexity index is 522. The monoisotopic (exact) mass is 254 g/mol. The van der Waals surface area contributed by atoms with E-state index in [1.54, 1.807) is 0 Å². The van der Waals surface area contributed by atoms with E-state index in [0.717, 1.165) is 11.0 Å². The van der Waals surface area contributed by atoms with Crippen molar-refractivity contribution < 1.29 is 9.90 Å². The Labute approximate surface area is 100 Å². The van der Waals surface area contributed by atoms with Gasteiger partial charge in [-0.2, -0.15) is 4.37 Å². The molecule has 0 saturated carbocycles. The second-order valence-corrected chi connectivity index (χ2v) is 4.00. The van der Waals surface area contributed by atoms with Crippen LogP contribution in [0.2, 0.25) is 0 Å². The summed E-state index contributed by atoms with van der Waals surface area (Å²) < 4.78 is 5.49. The van der Waals surface area contributed by atoms with Crippen molar-refractivity contribution in [3.05, 3.63) is 17.7 Å². The number of nitrogens with zero attached hydrogens (tertiary/aromatic N) is 5. The van der Waals surface area contributed by atoms with Gasteiger partial charge >= 0.3 is 5.97 Å². The van der Waals surface area contributed by atoms with E-state index < -0.39 is 5.97 Å². The Balaban J connectivity index is 1.83. The summed E-state index contributed by atoms with van der Waals surface area (Å²) in [5, 5.41) is 19.6. The number of carboxylic acid groups (broad SMARTS) is 1. The van der Waals surface area contributed by atoms with Gasteiger partial charge in [0.25, 0.3) is 0 Å². The van der Waals surface area contributed by atoms with Gasteiger partial charge in [-0.05, 0) is 6.92 Å². The molecule has 0 spiro atoms. The first-order valence-electron chi connectivity index (χ1n) is 4.83. The molecular weight excluding hydrogens is 244 g/mol. The minimum Gasteiger partial charge on any atom is -0.476 e. The number of hydrogen-bond donors (Lipinski definition) is 2. The lowest BCUT2D eigenvalue weighted by molar-refractivity contribution is 0.0690. The summed E-state index contributed by atoms with van der Waals surface area (Å²) in [5.41, 5.74) is -0.0586. The van der Waals surface area contributed by atoms with Gasteiger partial charge in [0, 0.05) is 18.1 Å². The number of nitrogens with one attached hydrogen (secondary N) is 1. The molecule has 9 heteroatoms. The molecular formula is C8H10N6O2S. The predicted molar refractivity (Wildman–Crippen MR) is 60.1 cm³/mol. The highest BCUT2D eigenvalue weighted by molar-refractivity contribution is 7.09. The number of rotatable bonds is 5. The summed E-state index contributed by atoms with van der Waals surface area (Å²) in [4.78, 5) is 14.7. The first kappa shape index (κ1) is 11.5. The van der Waals surface area contributed by atoms with Crippen LogP contribution in [0.1, 0.15) is 16.3 Å². The third-order valence-corrected chi connectivity index (χ3v) is 2.67. The van der Waals surface area contributed by atoms with Crippen molar-refractivity contribution >= 4 is 22.6 Å². The molecule has 2 rings (SSSR count). The Morgan fingerprint density at radius 2 is 2.47 bits per heavy atom. The number of anilines is 1. The average molecular weight is 254 g/mol. The third kappa shape index (κ3) is 2.97. The van der Waals surface area contributed by atoms with E-state index in [-0.39, 0.29) is 5.69 Å². The average Bonchev–Trinajstić information content (AvgIpc) is 2.88. The first-order valence-corrected chi connectivity index (χ1v) is 5.60. The van der Waals surface area contributed by atoms with E-state index in [9.17, 15) is 4.79 Å². The highest BCUT2D eigenvalue weighted by Crippen LogP contribution is 2.09. The van der Waals surface area contributed by atoms with Gasteiger partial charge in [0.2, 0.25) is 5.13 Å². The molecule has 0 atom stereocenters. The second kappa shape index (κ2) is 4.87. The Kier molecular flexibility index (Phi) is 3.28. The van der Waals surface area contributed by atoms with Crippen molar-refractivity contribution in [3.63, 3.8) is 0 Å². The Hall–Kier alpha value is -2.03. The second-order valence-electron chi connectivity index (χ2n) is 3.25. The minimum atomic E-state index is -1.08. The maximum absolute atomic E-state index is 10.6. The molecule has 0 radical (unpaired) electrons. The third-order valence-electron chi connectivity index (χ3n) is 1.90. The zero-order chi connectivity index (χ0) is 12.3. The first-order chi connectivity index (χ1) is 8.15. The molecule has 0 amide bonds. The number of carboxylic acids is 1. The maximum atomic E-state index is 10.6. The summed E-state index contributed by atoms with van der Waals surface area (Å²) in [5.74, 6) is -0.352. The summed E-state index contributed by atoms with van der Waals surface area (Å²) in [7, 11) is 0. The van der Waals surface area contributed by atoms with Gasteiger partial charge in [0.1, 0.15) is 5.82 Å². The fourth-order valence-corrected chi connectivity index (χ4v) is 1.75. The van der Waals surface area contributed by atoms with E-state index in [4.69, 9.17) is 5.11 Å². The SMILES string of the molecule is Cc1nsc(NCCn2cc(C(=O)O)nn2)n1. The lowest BCUT2D eigenvalue weighted by Gasteiger charge is -2.00. The highest BCUT2D eigenvalue weighted by Gasteiger charge is 2.07. The standard InChI is InChI=1S/C8H10N6O2S/c1-5-10-8(17-12-5)9-2-3-14-4-6(7(15)16)11-13-14/h4H,2-3H2,1H3,(H,15,16)(H,9,10,12). The lowest BCUT2D eigenvalue weighted by Crippen LogP contribution is -2.10. The number of aromatic nitrogens is 5. The summed E-state index contributed by atoms with van der Waals surface area (Å²) in [6, 6.07) is 0. The van der Waals surface area contributed by atoms with Gasteiger partial charge in [-0.15, -0.1) is 5.10 Å². The van der Waals surface area contributed by atoms with Crippen molar-refractivity contribution in [2.24, 2.45) is 0 Å². The van der Waals surface area contributed by atoms with Gasteiger partial charge in [-0.25, -0.2) is 14.5 Å². The molecule has 90 valence electrons. The smallest absolute Gasteiger partial charge is 0.358 e. The molecule has 2 heterocycles. The molecule has 0 aromatic carbocycles. The Morgan fingerprint density at radius 1 is 1.65 bits per heavy atom. The van der Waals surface area contributed by atoms with Crippen LogP contribution in [-0.4, -0.2) is 42.0 Å². The summed E-state index contributed by atoms with van der Waals surface area (Å²) in [6.45, 7) is 2.91. The van der Waals surface area contributed by atoms with E-state index in [2.05, 4.69) is 25.0 Å². The maximum Gasteiger partial charge on any atom is 0.358 e. The molecule has 0 aliphatic heterocycles. The lowest BCUT2D eigenvalue weighted by atomic mass is 10.5. The fraction of sp³-hybridized carbons (Fsp3) is 0.375. The van der Waals surface area contributed by atoms with E-state index in [1.165, 1.54) is 22.4 Å². The molecule has 0 unspecified atom stereocenters. The Morgan fingerprint density at radius 3 is 3.06 bits per heavy atom. The molecule has 0 saturated heterocycles. The van der Waals surface area contributed by atoms with Crippen LogP contribution < -0.4 is 5.32 Å². The van der Waals surface area contributed by atoms with Crippen LogP contribution in [0.3, 0.4) is 0 Å². The molecule has 17 heavy (non-hydrogen) atoms. The van der Waals surface area contributed by atoms with Gasteiger partial charge in [0.15, 0.2) is 5.69 Å². The van der Waals surface area contributed by atoms with Crippen LogP contribution in [0, 0.1) is 6.92 Å². The molecule has 8 nitrogen and oxygen atoms in total. The molecule has 2 N–H and O–H groups in total. The topological polar surface area (TPSA) is 106 Å². The molecule has 0 aliphatic rings. The molecule has 0 aliphatic carbocycles. The molecule has 0 bridgehead atoms. The summed E-state index contributed by atoms with van der Waals surface area (Å²) in [6.07, 6.45) is 1.38. The number of aryl methyl sites for hydroxylation is 1. The van der Waals surface area contributed by atoms with Crippen LogP contribution in [0.15, 0.2) is 6.20 Å². The highest BCUT2D eigenvalue weighted by atomic mass is 32.1. The number of carbonyl (C=O) groups is 1. The van der Waals surface area contributed by atoms with Crippen molar-refractivity contribution in [1.29, 1.82) is 0 Å². The van der Waals surface area contributed by atoms with Crippen LogP contribution >= 0.6 is 11.5 Å². The van der Waals surface area contributed by atoms with E-state index in [0.29, 0.717) is 13.1 Å². The predicted octanol–water partition coefficient (Wildman–Crippen LogP) is 0.248. The normalized spacial score (nSPS) is 10.4. The fourth-order valence-electron chi connectivity index (χ4n) is 1.15. The zero-order valence-corrected chi connectivity index (χ0v) is 9.81. The van der Waals surface area contributed by atoms with Gasteiger partial charge in [0.05, 0.1) is 12.7 Å². The van der Waals surface area contributed by atoms with Crippen molar-refractivity contribution in [3.8, 4) is 0 Å². The quantitative estimate of drug-likeness (QED) is 0.787. The van der Waals surface area contributed by atoms with Crippen molar-refractivity contribution in [2.45, 2.75) is 13.5 Å². The van der Waals surface area contributed by atoms with Crippen LogP contribution in [0.4, 0.5) is 5.13 Å². The molecule has 2 aromatic rings. The van der Waals surface area contributed by atoms with Gasteiger partial charge in [-0.3, -0.25) is 0 Å². The number of aromatic carboxylic acids is 1. The van der Waals surface area contributed by atoms with Crippen molar-refractivity contribution in [1.82, 2.24) is 24.4 Å².